The average molecular weight is 124 g/mol. The Bertz CT molecular complexity index is 24.1. The Balaban J connectivity index is 0. The van der Waals surface area contributed by atoms with Crippen LogP contribution in [0.4, 0.5) is 0 Å². The first kappa shape index (κ1) is 10.3. The molecule has 0 heterocycles. The lowest BCUT2D eigenvalue weighted by atomic mass is 10.3. The van der Waals surface area contributed by atoms with Crippen molar-refractivity contribution in [3.8, 4) is 0 Å². The fraction of sp³-hybridized carbons (Fsp3) is 1.00. The van der Waals surface area contributed by atoms with Crippen LogP contribution in [0.2, 0.25) is 0 Å². The Labute approximate surface area is 47.5 Å². The molecule has 3 N–H and O–H groups in total. The molecule has 7 heavy (non-hydrogen) atoms. The summed E-state index contributed by atoms with van der Waals surface area (Å²) >= 11 is 1.75. The summed E-state index contributed by atoms with van der Waals surface area (Å²) in [5.41, 5.74) is 0. The van der Waals surface area contributed by atoms with Crippen molar-refractivity contribution < 1.29 is 15.1 Å². The second-order valence-electron chi connectivity index (χ2n) is 0.755. The van der Waals surface area contributed by atoms with Crippen molar-refractivity contribution >= 4 is 19.1 Å². The predicted molar refractivity (Wildman–Crippen MR) is 31.8 cm³/mol. The van der Waals surface area contributed by atoms with Gasteiger partial charge in [0.15, 0.2) is 0 Å². The molecule has 0 aromatic carbocycles. The molecule has 0 bridgehead atoms. The van der Waals surface area contributed by atoms with E-state index in [4.69, 9.17) is 15.1 Å². The quantitative estimate of drug-likeness (QED) is 0.360. The minimum atomic E-state index is -2.17. The van der Waals surface area contributed by atoms with Gasteiger partial charge in [-0.25, -0.2) is 0 Å². The lowest BCUT2D eigenvalue weighted by Gasteiger charge is -1.69. The van der Waals surface area contributed by atoms with E-state index in [0.717, 1.165) is 0 Å². The van der Waals surface area contributed by atoms with Crippen LogP contribution < -0.4 is 0 Å². The molecule has 0 fully saturated rings. The van der Waals surface area contributed by atoms with Crippen LogP contribution in [0.1, 0.15) is 0 Å². The largest absolute Gasteiger partial charge is 0.631 e. The van der Waals surface area contributed by atoms with E-state index in [1.54, 1.807) is 11.8 Å². The SMILES string of the molecule is CSC.OB(O)O. The molecule has 0 rings (SSSR count). The van der Waals surface area contributed by atoms with Crippen LogP contribution in [0.5, 0.6) is 0 Å². The molecule has 3 nitrogen and oxygen atoms in total. The van der Waals surface area contributed by atoms with Gasteiger partial charge >= 0.3 is 7.32 Å². The summed E-state index contributed by atoms with van der Waals surface area (Å²) in [6.07, 6.45) is 4.08. The van der Waals surface area contributed by atoms with Crippen LogP contribution >= 0.6 is 11.8 Å². The highest BCUT2D eigenvalue weighted by molar-refractivity contribution is 7.97. The van der Waals surface area contributed by atoms with Gasteiger partial charge in [-0.15, -0.1) is 0 Å². The van der Waals surface area contributed by atoms with E-state index in [1.807, 2.05) is 12.5 Å². The summed E-state index contributed by atoms with van der Waals surface area (Å²) in [6, 6.07) is 0. The smallest absolute Gasteiger partial charge is 0.402 e. The Morgan fingerprint density at radius 1 is 1.14 bits per heavy atom. The number of thioether (sulfide) groups is 1. The van der Waals surface area contributed by atoms with Crippen molar-refractivity contribution in [1.29, 1.82) is 0 Å². The summed E-state index contributed by atoms with van der Waals surface area (Å²) < 4.78 is 0. The summed E-state index contributed by atoms with van der Waals surface area (Å²) in [5, 5.41) is 21.5. The molecule has 0 aliphatic carbocycles. The van der Waals surface area contributed by atoms with Crippen LogP contribution in [0.25, 0.3) is 0 Å². The first-order valence-corrected chi connectivity index (χ1v) is 3.22. The van der Waals surface area contributed by atoms with E-state index in [9.17, 15) is 0 Å². The minimum Gasteiger partial charge on any atom is -0.402 e. The van der Waals surface area contributed by atoms with Gasteiger partial charge in [0.1, 0.15) is 0 Å². The maximum absolute atomic E-state index is 7.17. The van der Waals surface area contributed by atoms with Crippen LogP contribution in [0, 0.1) is 0 Å². The van der Waals surface area contributed by atoms with E-state index in [1.165, 1.54) is 0 Å². The Morgan fingerprint density at radius 2 is 1.14 bits per heavy atom. The molecule has 0 aliphatic heterocycles. The van der Waals surface area contributed by atoms with Gasteiger partial charge in [-0.3, -0.25) is 0 Å². The molecule has 0 atom stereocenters. The van der Waals surface area contributed by atoms with Gasteiger partial charge in [0.25, 0.3) is 0 Å². The zero-order valence-electron chi connectivity index (χ0n) is 4.33. The zero-order chi connectivity index (χ0) is 6.28. The summed E-state index contributed by atoms with van der Waals surface area (Å²) in [4.78, 5) is 0. The molecule has 0 aromatic heterocycles. The average Bonchev–Trinajstić information content (AvgIpc) is 1.33. The Morgan fingerprint density at radius 3 is 1.14 bits per heavy atom. The molecule has 0 saturated heterocycles. The first-order valence-electron chi connectivity index (χ1n) is 1.59. The van der Waals surface area contributed by atoms with E-state index >= 15 is 0 Å². The maximum atomic E-state index is 7.17. The van der Waals surface area contributed by atoms with Crippen LogP contribution in [-0.4, -0.2) is 34.9 Å². The van der Waals surface area contributed by atoms with Crippen LogP contribution in [0.3, 0.4) is 0 Å². The molecule has 0 spiro atoms. The fourth-order valence-electron chi connectivity index (χ4n) is 0. The summed E-state index contributed by atoms with van der Waals surface area (Å²) in [5.74, 6) is 0. The van der Waals surface area contributed by atoms with Gasteiger partial charge in [0.05, 0.1) is 0 Å². The molecule has 0 amide bonds. The number of rotatable bonds is 0. The highest BCUT2D eigenvalue weighted by Crippen LogP contribution is 1.70. The fourth-order valence-corrected chi connectivity index (χ4v) is 0. The van der Waals surface area contributed by atoms with Crippen molar-refractivity contribution in [1.82, 2.24) is 0 Å². The highest BCUT2D eigenvalue weighted by Gasteiger charge is 1.92. The van der Waals surface area contributed by atoms with E-state index < -0.39 is 7.32 Å². The van der Waals surface area contributed by atoms with E-state index in [-0.39, 0.29) is 0 Å². The molecule has 5 heteroatoms. The maximum Gasteiger partial charge on any atom is 0.631 e. The molecule has 0 radical (unpaired) electrons. The minimum absolute atomic E-state index is 1.75. The first-order chi connectivity index (χ1) is 3.15. The molecule has 0 aromatic rings. The van der Waals surface area contributed by atoms with Crippen molar-refractivity contribution in [3.63, 3.8) is 0 Å². The molecular formula is C2H9BO3S. The van der Waals surface area contributed by atoms with Crippen molar-refractivity contribution in [2.24, 2.45) is 0 Å². The monoisotopic (exact) mass is 124 g/mol. The molecular weight excluding hydrogens is 115 g/mol. The van der Waals surface area contributed by atoms with Crippen molar-refractivity contribution in [3.05, 3.63) is 0 Å². The summed E-state index contributed by atoms with van der Waals surface area (Å²) in [7, 11) is -2.17. The number of hydrogen-bond acceptors (Lipinski definition) is 4. The molecule has 44 valence electrons. The Kier molecular flexibility index (Phi) is 14.1. The zero-order valence-corrected chi connectivity index (χ0v) is 5.14. The molecule has 0 aliphatic rings. The van der Waals surface area contributed by atoms with Crippen LogP contribution in [0.15, 0.2) is 0 Å². The van der Waals surface area contributed by atoms with Gasteiger partial charge < -0.3 is 15.1 Å². The van der Waals surface area contributed by atoms with Gasteiger partial charge in [-0.2, -0.15) is 11.8 Å². The second kappa shape index (κ2) is 9.57. The summed E-state index contributed by atoms with van der Waals surface area (Å²) in [6.45, 7) is 0. The van der Waals surface area contributed by atoms with E-state index in [2.05, 4.69) is 0 Å². The lowest BCUT2D eigenvalue weighted by Crippen LogP contribution is -2.07. The highest BCUT2D eigenvalue weighted by atomic mass is 32.2. The lowest BCUT2D eigenvalue weighted by molar-refractivity contribution is 0.278. The Hall–Kier alpha value is 0.295. The van der Waals surface area contributed by atoms with Crippen LogP contribution in [-0.2, 0) is 0 Å². The van der Waals surface area contributed by atoms with Gasteiger partial charge in [-0.05, 0) is 12.5 Å². The topological polar surface area (TPSA) is 60.7 Å². The van der Waals surface area contributed by atoms with Crippen molar-refractivity contribution in [2.45, 2.75) is 0 Å². The van der Waals surface area contributed by atoms with Gasteiger partial charge in [-0.1, -0.05) is 0 Å². The molecule has 0 saturated carbocycles. The standard InChI is InChI=1S/C2H6S.BH3O3/c1-3-2;2-1(3)4/h1-2H3;2-4H. The number of hydrogen-bond donors (Lipinski definition) is 3. The van der Waals surface area contributed by atoms with Gasteiger partial charge in [0, 0.05) is 0 Å². The van der Waals surface area contributed by atoms with Crippen molar-refractivity contribution in [2.75, 3.05) is 12.5 Å². The van der Waals surface area contributed by atoms with Gasteiger partial charge in [0.2, 0.25) is 0 Å². The second-order valence-corrected chi connectivity index (χ2v) is 1.57. The normalized spacial score (nSPS) is 6.43. The predicted octanol–water partition coefficient (Wildman–Crippen LogP) is -1.07. The third-order valence-corrected chi connectivity index (χ3v) is 0. The van der Waals surface area contributed by atoms with E-state index in [0.29, 0.717) is 0 Å². The third kappa shape index (κ3) is 1330. The third-order valence-electron chi connectivity index (χ3n) is 0. The molecule has 0 unspecified atom stereocenters.